The van der Waals surface area contributed by atoms with Crippen LogP contribution >= 0.6 is 0 Å². The molecule has 0 bridgehead atoms. The van der Waals surface area contributed by atoms with Crippen LogP contribution in [0.4, 0.5) is 0 Å². The summed E-state index contributed by atoms with van der Waals surface area (Å²) in [6, 6.07) is 4.81. The summed E-state index contributed by atoms with van der Waals surface area (Å²) in [7, 11) is 0. The standard InChI is InChI=1S/C26H32/c1-13-11-23(19(7)17(5)15(13)3)26-22(10)18(6)21(9)25-20(8)16(4)14(2)12-24(25)26/h11-12H,1-10H3. The maximum atomic E-state index is 2.41. The first kappa shape index (κ1) is 18.7. The summed E-state index contributed by atoms with van der Waals surface area (Å²) < 4.78 is 0. The fraction of sp³-hybridized carbons (Fsp3) is 0.385. The molecule has 0 aromatic heterocycles. The lowest BCUT2D eigenvalue weighted by atomic mass is 9.81. The van der Waals surface area contributed by atoms with E-state index in [1.165, 1.54) is 77.5 Å². The van der Waals surface area contributed by atoms with Crippen LogP contribution in [0.1, 0.15) is 55.6 Å². The molecule has 0 radical (unpaired) electrons. The predicted octanol–water partition coefficient (Wildman–Crippen LogP) is 7.59. The summed E-state index contributed by atoms with van der Waals surface area (Å²) in [4.78, 5) is 0. The van der Waals surface area contributed by atoms with Gasteiger partial charge < -0.3 is 0 Å². The number of hydrogen-bond donors (Lipinski definition) is 0. The molecule has 3 aromatic carbocycles. The van der Waals surface area contributed by atoms with Gasteiger partial charge in [0.15, 0.2) is 0 Å². The van der Waals surface area contributed by atoms with Crippen molar-refractivity contribution < 1.29 is 0 Å². The average molecular weight is 345 g/mol. The van der Waals surface area contributed by atoms with E-state index in [1.807, 2.05) is 0 Å². The molecule has 136 valence electrons. The largest absolute Gasteiger partial charge is 0.0509 e. The molecule has 0 aliphatic rings. The monoisotopic (exact) mass is 344 g/mol. The highest BCUT2D eigenvalue weighted by atomic mass is 14.2. The van der Waals surface area contributed by atoms with Crippen molar-refractivity contribution in [3.63, 3.8) is 0 Å². The Hall–Kier alpha value is -2.08. The van der Waals surface area contributed by atoms with Crippen molar-refractivity contribution in [2.24, 2.45) is 0 Å². The molecule has 26 heavy (non-hydrogen) atoms. The van der Waals surface area contributed by atoms with Crippen molar-refractivity contribution in [3.8, 4) is 11.1 Å². The maximum absolute atomic E-state index is 2.41. The summed E-state index contributed by atoms with van der Waals surface area (Å²) >= 11 is 0. The molecular formula is C26H32. The number of aryl methyl sites for hydroxylation is 4. The van der Waals surface area contributed by atoms with Crippen LogP contribution in [0.15, 0.2) is 12.1 Å². The first-order valence-electron chi connectivity index (χ1n) is 9.65. The van der Waals surface area contributed by atoms with Crippen molar-refractivity contribution in [3.05, 3.63) is 67.8 Å². The normalized spacial score (nSPS) is 11.5. The minimum Gasteiger partial charge on any atom is -0.0509 e. The zero-order valence-electron chi connectivity index (χ0n) is 18.2. The number of benzene rings is 3. The van der Waals surface area contributed by atoms with Gasteiger partial charge >= 0.3 is 0 Å². The summed E-state index contributed by atoms with van der Waals surface area (Å²) in [5.74, 6) is 0. The van der Waals surface area contributed by atoms with E-state index in [2.05, 4.69) is 81.4 Å². The minimum absolute atomic E-state index is 1.38. The fourth-order valence-corrected chi connectivity index (χ4v) is 4.44. The second-order valence-corrected chi connectivity index (χ2v) is 8.23. The van der Waals surface area contributed by atoms with Gasteiger partial charge in [0.1, 0.15) is 0 Å². The lowest BCUT2D eigenvalue weighted by molar-refractivity contribution is 1.21. The van der Waals surface area contributed by atoms with Crippen LogP contribution < -0.4 is 0 Å². The first-order chi connectivity index (χ1) is 12.1. The van der Waals surface area contributed by atoms with Crippen molar-refractivity contribution in [1.82, 2.24) is 0 Å². The van der Waals surface area contributed by atoms with Gasteiger partial charge in [0.05, 0.1) is 0 Å². The maximum Gasteiger partial charge on any atom is -0.00702 e. The Kier molecular flexibility index (Phi) is 4.51. The highest BCUT2D eigenvalue weighted by molar-refractivity contribution is 6.04. The summed E-state index contributed by atoms with van der Waals surface area (Å²) in [5, 5.41) is 2.86. The topological polar surface area (TPSA) is 0 Å². The van der Waals surface area contributed by atoms with Crippen molar-refractivity contribution in [2.45, 2.75) is 69.2 Å². The number of hydrogen-bond acceptors (Lipinski definition) is 0. The van der Waals surface area contributed by atoms with Gasteiger partial charge in [0.25, 0.3) is 0 Å². The Morgan fingerprint density at radius 3 is 1.50 bits per heavy atom. The van der Waals surface area contributed by atoms with Crippen LogP contribution in [0.5, 0.6) is 0 Å². The molecule has 0 saturated heterocycles. The van der Waals surface area contributed by atoms with Gasteiger partial charge in [-0.15, -0.1) is 0 Å². The molecule has 0 saturated carbocycles. The van der Waals surface area contributed by atoms with Crippen LogP contribution in [-0.2, 0) is 0 Å². The Morgan fingerprint density at radius 2 is 0.885 bits per heavy atom. The molecule has 0 amide bonds. The molecule has 0 aliphatic carbocycles. The lowest BCUT2D eigenvalue weighted by Gasteiger charge is -2.23. The number of fused-ring (bicyclic) bond motifs is 1. The second kappa shape index (κ2) is 6.27. The van der Waals surface area contributed by atoms with Gasteiger partial charge in [-0.3, -0.25) is 0 Å². The molecule has 0 aliphatic heterocycles. The Labute approximate surface area is 159 Å². The van der Waals surface area contributed by atoms with E-state index in [0.29, 0.717) is 0 Å². The van der Waals surface area contributed by atoms with Crippen LogP contribution in [0, 0.1) is 69.2 Å². The third-order valence-corrected chi connectivity index (χ3v) is 7.05. The fourth-order valence-electron chi connectivity index (χ4n) is 4.44. The van der Waals surface area contributed by atoms with Crippen LogP contribution in [0.3, 0.4) is 0 Å². The molecule has 3 aromatic rings. The van der Waals surface area contributed by atoms with E-state index in [4.69, 9.17) is 0 Å². The third-order valence-electron chi connectivity index (χ3n) is 7.05. The highest BCUT2D eigenvalue weighted by Gasteiger charge is 2.19. The molecule has 0 N–H and O–H groups in total. The zero-order chi connectivity index (χ0) is 19.5. The summed E-state index contributed by atoms with van der Waals surface area (Å²) in [6.07, 6.45) is 0. The van der Waals surface area contributed by atoms with E-state index in [1.54, 1.807) is 0 Å². The molecular weight excluding hydrogens is 312 g/mol. The minimum atomic E-state index is 1.38. The molecule has 0 nitrogen and oxygen atoms in total. The van der Waals surface area contributed by atoms with Crippen molar-refractivity contribution >= 4 is 10.8 Å². The van der Waals surface area contributed by atoms with Gasteiger partial charge in [-0.1, -0.05) is 12.1 Å². The van der Waals surface area contributed by atoms with Crippen LogP contribution in [0.25, 0.3) is 21.9 Å². The third kappa shape index (κ3) is 2.50. The smallest absolute Gasteiger partial charge is 0.00702 e. The molecule has 0 atom stereocenters. The van der Waals surface area contributed by atoms with Gasteiger partial charge in [0.2, 0.25) is 0 Å². The summed E-state index contributed by atoms with van der Waals surface area (Å²) in [6.45, 7) is 22.7. The quantitative estimate of drug-likeness (QED) is 0.426. The predicted molar refractivity (Wildman–Crippen MR) is 117 cm³/mol. The van der Waals surface area contributed by atoms with Gasteiger partial charge in [-0.05, 0) is 147 Å². The first-order valence-corrected chi connectivity index (χ1v) is 9.65. The van der Waals surface area contributed by atoms with Crippen molar-refractivity contribution in [2.75, 3.05) is 0 Å². The van der Waals surface area contributed by atoms with E-state index in [9.17, 15) is 0 Å². The van der Waals surface area contributed by atoms with Gasteiger partial charge in [0, 0.05) is 0 Å². The van der Waals surface area contributed by atoms with E-state index >= 15 is 0 Å². The van der Waals surface area contributed by atoms with Crippen LogP contribution in [0.2, 0.25) is 0 Å². The van der Waals surface area contributed by atoms with E-state index in [-0.39, 0.29) is 0 Å². The van der Waals surface area contributed by atoms with E-state index < -0.39 is 0 Å². The Morgan fingerprint density at radius 1 is 0.423 bits per heavy atom. The molecule has 0 heterocycles. The number of rotatable bonds is 1. The second-order valence-electron chi connectivity index (χ2n) is 8.23. The lowest BCUT2D eigenvalue weighted by Crippen LogP contribution is -2.02. The Bertz CT molecular complexity index is 1050. The van der Waals surface area contributed by atoms with Gasteiger partial charge in [-0.25, -0.2) is 0 Å². The zero-order valence-corrected chi connectivity index (χ0v) is 18.2. The Balaban J connectivity index is 2.61. The van der Waals surface area contributed by atoms with Crippen LogP contribution in [-0.4, -0.2) is 0 Å². The molecule has 3 rings (SSSR count). The SMILES string of the molecule is Cc1cc(-c2c(C)c(C)c(C)c3c(C)c(C)c(C)cc23)c(C)c(C)c1C. The average Bonchev–Trinajstić information content (AvgIpc) is 2.60. The molecule has 0 fully saturated rings. The molecule has 0 spiro atoms. The van der Waals surface area contributed by atoms with Crippen molar-refractivity contribution in [1.29, 1.82) is 0 Å². The highest BCUT2D eigenvalue weighted by Crippen LogP contribution is 2.42. The molecule has 0 unspecified atom stereocenters. The van der Waals surface area contributed by atoms with Gasteiger partial charge in [-0.2, -0.15) is 0 Å². The summed E-state index contributed by atoms with van der Waals surface area (Å²) in [5.41, 5.74) is 17.0. The molecule has 0 heteroatoms. The van der Waals surface area contributed by atoms with E-state index in [0.717, 1.165) is 0 Å².